The molecule has 0 aliphatic carbocycles. The van der Waals surface area contributed by atoms with E-state index in [1.807, 2.05) is 34.9 Å². The molecule has 5 nitrogen and oxygen atoms in total. The lowest BCUT2D eigenvalue weighted by Gasteiger charge is -2.14. The zero-order valence-electron chi connectivity index (χ0n) is 10.5. The van der Waals surface area contributed by atoms with Gasteiger partial charge in [0, 0.05) is 31.5 Å². The van der Waals surface area contributed by atoms with E-state index in [4.69, 9.17) is 4.42 Å². The van der Waals surface area contributed by atoms with E-state index in [1.54, 1.807) is 30.7 Å². The number of amides is 1. The van der Waals surface area contributed by atoms with Crippen molar-refractivity contribution in [3.05, 3.63) is 60.4 Å². The predicted molar refractivity (Wildman–Crippen MR) is 69.7 cm³/mol. The van der Waals surface area contributed by atoms with E-state index in [0.29, 0.717) is 12.2 Å². The van der Waals surface area contributed by atoms with Crippen molar-refractivity contribution in [3.63, 3.8) is 0 Å². The Morgan fingerprint density at radius 2 is 2.32 bits per heavy atom. The zero-order chi connectivity index (χ0) is 13.2. The average Bonchev–Trinajstić information content (AvgIpc) is 3.05. The molecule has 3 heterocycles. The summed E-state index contributed by atoms with van der Waals surface area (Å²) in [6.07, 6.45) is 6.84. The molecule has 0 bridgehead atoms. The van der Waals surface area contributed by atoms with E-state index in [2.05, 4.69) is 4.98 Å². The number of carbonyl (C=O) groups is 1. The molecular weight excluding hydrogens is 242 g/mol. The van der Waals surface area contributed by atoms with Gasteiger partial charge >= 0.3 is 0 Å². The Morgan fingerprint density at radius 1 is 1.42 bits per heavy atom. The van der Waals surface area contributed by atoms with Crippen LogP contribution in [0.4, 0.5) is 0 Å². The van der Waals surface area contributed by atoms with Crippen molar-refractivity contribution in [3.8, 4) is 0 Å². The number of nitrogens with zero attached hydrogens (tertiary/aromatic N) is 3. The van der Waals surface area contributed by atoms with Crippen LogP contribution >= 0.6 is 0 Å². The number of hydrogen-bond donors (Lipinski definition) is 0. The van der Waals surface area contributed by atoms with Crippen LogP contribution in [0, 0.1) is 0 Å². The van der Waals surface area contributed by atoms with Crippen molar-refractivity contribution in [1.82, 2.24) is 14.3 Å². The first-order valence-electron chi connectivity index (χ1n) is 5.94. The second-order valence-electron chi connectivity index (χ2n) is 4.39. The van der Waals surface area contributed by atoms with Crippen molar-refractivity contribution in [2.24, 2.45) is 0 Å². The quantitative estimate of drug-likeness (QED) is 0.721. The third kappa shape index (κ3) is 2.22. The number of aromatic nitrogens is 2. The summed E-state index contributed by atoms with van der Waals surface area (Å²) in [6.45, 7) is 0.503. The smallest absolute Gasteiger partial charge is 0.274 e. The van der Waals surface area contributed by atoms with Gasteiger partial charge in [0.1, 0.15) is 11.3 Å². The lowest BCUT2D eigenvalue weighted by Crippen LogP contribution is -2.26. The molecule has 96 valence electrons. The van der Waals surface area contributed by atoms with E-state index in [1.165, 1.54) is 0 Å². The minimum absolute atomic E-state index is 0.107. The van der Waals surface area contributed by atoms with Gasteiger partial charge in [0.25, 0.3) is 5.91 Å². The van der Waals surface area contributed by atoms with E-state index in [-0.39, 0.29) is 5.91 Å². The summed E-state index contributed by atoms with van der Waals surface area (Å²) in [5.41, 5.74) is 2.17. The van der Waals surface area contributed by atoms with E-state index >= 15 is 0 Å². The third-order valence-corrected chi connectivity index (χ3v) is 2.93. The van der Waals surface area contributed by atoms with Gasteiger partial charge in [-0.05, 0) is 18.2 Å². The molecule has 0 aromatic carbocycles. The Hall–Kier alpha value is -2.56. The maximum atomic E-state index is 12.3. The van der Waals surface area contributed by atoms with Gasteiger partial charge in [-0.25, -0.2) is 4.98 Å². The number of carbonyl (C=O) groups excluding carboxylic acids is 1. The fraction of sp³-hybridized carbons (Fsp3) is 0.143. The molecule has 0 aliphatic rings. The predicted octanol–water partition coefficient (Wildman–Crippen LogP) is 2.20. The zero-order valence-corrected chi connectivity index (χ0v) is 10.5. The molecule has 3 aromatic heterocycles. The first-order valence-corrected chi connectivity index (χ1v) is 5.94. The molecule has 0 spiro atoms. The van der Waals surface area contributed by atoms with Crippen LogP contribution in [0.3, 0.4) is 0 Å². The highest BCUT2D eigenvalue weighted by Crippen LogP contribution is 2.10. The van der Waals surface area contributed by atoms with Crippen LogP contribution in [-0.4, -0.2) is 27.2 Å². The lowest BCUT2D eigenvalue weighted by atomic mass is 10.3. The van der Waals surface area contributed by atoms with Crippen molar-refractivity contribution >= 4 is 11.6 Å². The Labute approximate surface area is 110 Å². The molecule has 3 rings (SSSR count). The van der Waals surface area contributed by atoms with Crippen LogP contribution in [0.1, 0.15) is 16.1 Å². The van der Waals surface area contributed by atoms with Crippen LogP contribution in [-0.2, 0) is 6.54 Å². The molecule has 0 aliphatic heterocycles. The van der Waals surface area contributed by atoms with Gasteiger partial charge < -0.3 is 13.7 Å². The van der Waals surface area contributed by atoms with Crippen molar-refractivity contribution in [2.75, 3.05) is 7.05 Å². The fourth-order valence-electron chi connectivity index (χ4n) is 1.96. The molecule has 0 saturated heterocycles. The summed E-state index contributed by atoms with van der Waals surface area (Å²) in [5.74, 6) is -0.107. The van der Waals surface area contributed by atoms with Gasteiger partial charge in [-0.1, -0.05) is 6.07 Å². The maximum Gasteiger partial charge on any atom is 0.274 e. The van der Waals surface area contributed by atoms with Crippen molar-refractivity contribution in [2.45, 2.75) is 6.54 Å². The molecule has 0 unspecified atom stereocenters. The summed E-state index contributed by atoms with van der Waals surface area (Å²) < 4.78 is 6.82. The van der Waals surface area contributed by atoms with E-state index in [9.17, 15) is 4.79 Å². The highest BCUT2D eigenvalue weighted by atomic mass is 16.3. The number of hydrogen-bond acceptors (Lipinski definition) is 3. The van der Waals surface area contributed by atoms with E-state index < -0.39 is 0 Å². The molecule has 0 atom stereocenters. The first kappa shape index (κ1) is 11.5. The molecule has 5 heteroatoms. The van der Waals surface area contributed by atoms with Crippen LogP contribution < -0.4 is 0 Å². The molecule has 0 fully saturated rings. The molecular formula is C14H13N3O2. The monoisotopic (exact) mass is 255 g/mol. The highest BCUT2D eigenvalue weighted by molar-refractivity contribution is 5.92. The van der Waals surface area contributed by atoms with Gasteiger partial charge in [-0.15, -0.1) is 0 Å². The third-order valence-electron chi connectivity index (χ3n) is 2.93. The number of fused-ring (bicyclic) bond motifs is 1. The largest absolute Gasteiger partial charge is 0.472 e. The number of pyridine rings is 1. The standard InChI is InChI=1S/C14H13N3O2/c1-16(8-11-5-7-19-10-11)14(18)12-9-17-6-3-2-4-13(17)15-12/h2-7,9-10H,8H2,1H3. The molecule has 0 saturated carbocycles. The Bertz CT molecular complexity index is 667. The van der Waals surface area contributed by atoms with Gasteiger partial charge in [0.05, 0.1) is 12.5 Å². The second-order valence-corrected chi connectivity index (χ2v) is 4.39. The van der Waals surface area contributed by atoms with Crippen molar-refractivity contribution < 1.29 is 9.21 Å². The summed E-state index contributed by atoms with van der Waals surface area (Å²) in [4.78, 5) is 18.2. The topological polar surface area (TPSA) is 50.8 Å². The average molecular weight is 255 g/mol. The number of furan rings is 1. The minimum Gasteiger partial charge on any atom is -0.472 e. The Balaban J connectivity index is 1.82. The summed E-state index contributed by atoms with van der Waals surface area (Å²) in [5, 5.41) is 0. The Morgan fingerprint density at radius 3 is 3.05 bits per heavy atom. The van der Waals surface area contributed by atoms with Gasteiger partial charge in [-0.3, -0.25) is 4.79 Å². The molecule has 3 aromatic rings. The van der Waals surface area contributed by atoms with Crippen LogP contribution in [0.15, 0.2) is 53.6 Å². The highest BCUT2D eigenvalue weighted by Gasteiger charge is 2.15. The molecule has 0 radical (unpaired) electrons. The normalized spacial score (nSPS) is 10.8. The van der Waals surface area contributed by atoms with Gasteiger partial charge in [-0.2, -0.15) is 0 Å². The molecule has 0 N–H and O–H groups in total. The van der Waals surface area contributed by atoms with Gasteiger partial charge in [0.15, 0.2) is 0 Å². The SMILES string of the molecule is CN(Cc1ccoc1)C(=O)c1cn2ccccc2n1. The minimum atomic E-state index is -0.107. The number of imidazole rings is 1. The molecule has 19 heavy (non-hydrogen) atoms. The molecule has 1 amide bonds. The summed E-state index contributed by atoms with van der Waals surface area (Å²) in [6, 6.07) is 7.50. The van der Waals surface area contributed by atoms with Crippen LogP contribution in [0.5, 0.6) is 0 Å². The maximum absolute atomic E-state index is 12.3. The van der Waals surface area contributed by atoms with E-state index in [0.717, 1.165) is 11.2 Å². The number of rotatable bonds is 3. The lowest BCUT2D eigenvalue weighted by molar-refractivity contribution is 0.0780. The van der Waals surface area contributed by atoms with Crippen LogP contribution in [0.25, 0.3) is 5.65 Å². The summed E-state index contributed by atoms with van der Waals surface area (Å²) >= 11 is 0. The van der Waals surface area contributed by atoms with Crippen LogP contribution in [0.2, 0.25) is 0 Å². The second kappa shape index (κ2) is 4.61. The van der Waals surface area contributed by atoms with Crippen molar-refractivity contribution in [1.29, 1.82) is 0 Å². The summed E-state index contributed by atoms with van der Waals surface area (Å²) in [7, 11) is 1.75. The first-order chi connectivity index (χ1) is 9.24. The fourth-order valence-corrected chi connectivity index (χ4v) is 1.96. The van der Waals surface area contributed by atoms with Gasteiger partial charge in [0.2, 0.25) is 0 Å². The Kier molecular flexibility index (Phi) is 2.79.